The number of rotatable bonds is 5. The number of hydrogen-bond acceptors (Lipinski definition) is 3. The molecule has 0 aliphatic carbocycles. The number of amides is 1. The largest absolute Gasteiger partial charge is 0.495 e. The first-order chi connectivity index (χ1) is 9.99. The van der Waals surface area contributed by atoms with Crippen molar-refractivity contribution in [3.63, 3.8) is 0 Å². The minimum Gasteiger partial charge on any atom is -0.495 e. The zero-order valence-corrected chi connectivity index (χ0v) is 13.1. The van der Waals surface area contributed by atoms with Crippen LogP contribution in [0.25, 0.3) is 0 Å². The number of halogens is 1. The van der Waals surface area contributed by atoms with Crippen LogP contribution in [0.2, 0.25) is 5.02 Å². The molecule has 0 radical (unpaired) electrons. The molecule has 0 aliphatic heterocycles. The van der Waals surface area contributed by atoms with Gasteiger partial charge in [0.1, 0.15) is 5.75 Å². The summed E-state index contributed by atoms with van der Waals surface area (Å²) in [5, 5.41) is 7.68. The fourth-order valence-corrected chi connectivity index (χ4v) is 2.11. The highest BCUT2D eigenvalue weighted by Crippen LogP contribution is 2.25. The minimum absolute atomic E-state index is 0.0943. The Kier molecular flexibility index (Phi) is 4.85. The van der Waals surface area contributed by atoms with Gasteiger partial charge in [-0.1, -0.05) is 17.7 Å². The smallest absolute Gasteiger partial charge is 0.226 e. The molecule has 1 heterocycles. The molecule has 21 heavy (non-hydrogen) atoms. The van der Waals surface area contributed by atoms with Gasteiger partial charge in [0.15, 0.2) is 0 Å². The lowest BCUT2D eigenvalue weighted by Gasteiger charge is -2.11. The van der Waals surface area contributed by atoms with Crippen molar-refractivity contribution in [2.75, 3.05) is 12.4 Å². The topological polar surface area (TPSA) is 56.1 Å². The molecule has 1 aromatic heterocycles. The second-order valence-corrected chi connectivity index (χ2v) is 5.23. The van der Waals surface area contributed by atoms with Crippen molar-refractivity contribution in [1.82, 2.24) is 9.78 Å². The van der Waals surface area contributed by atoms with Crippen molar-refractivity contribution >= 4 is 23.2 Å². The summed E-state index contributed by atoms with van der Waals surface area (Å²) < 4.78 is 6.90. The van der Waals surface area contributed by atoms with Gasteiger partial charge in [-0.05, 0) is 31.5 Å². The lowest BCUT2D eigenvalue weighted by Crippen LogP contribution is -2.15. The van der Waals surface area contributed by atoms with E-state index in [2.05, 4.69) is 10.4 Å². The maximum Gasteiger partial charge on any atom is 0.226 e. The number of nitrogens with zero attached hydrogens (tertiary/aromatic N) is 2. The third kappa shape index (κ3) is 3.98. The number of hydrogen-bond donors (Lipinski definition) is 1. The molecule has 0 saturated heterocycles. The number of benzene rings is 1. The Labute approximate surface area is 128 Å². The summed E-state index contributed by atoms with van der Waals surface area (Å²) in [5.74, 6) is 0.551. The molecule has 1 N–H and O–H groups in total. The van der Waals surface area contributed by atoms with Crippen molar-refractivity contribution in [3.05, 3.63) is 40.7 Å². The van der Waals surface area contributed by atoms with Crippen LogP contribution in [0.3, 0.4) is 0 Å². The van der Waals surface area contributed by atoms with E-state index < -0.39 is 0 Å². The van der Waals surface area contributed by atoms with Crippen molar-refractivity contribution in [3.8, 4) is 5.75 Å². The minimum atomic E-state index is -0.0943. The molecular formula is C15H18ClN3O2. The van der Waals surface area contributed by atoms with E-state index in [-0.39, 0.29) is 5.91 Å². The molecule has 0 atom stereocenters. The summed E-state index contributed by atoms with van der Waals surface area (Å²) in [6.07, 6.45) is 2.03. The Hall–Kier alpha value is -2.01. The quantitative estimate of drug-likeness (QED) is 0.923. The number of methoxy groups -OCH3 is 1. The van der Waals surface area contributed by atoms with Gasteiger partial charge in [-0.3, -0.25) is 9.48 Å². The molecule has 1 amide bonds. The number of carbonyl (C=O) groups excluding carboxylic acids is 1. The number of aryl methyl sites for hydroxylation is 3. The SMILES string of the molecule is COc1ccc(C)cc1NC(=O)CCn1cc(Cl)c(C)n1. The average Bonchev–Trinajstić information content (AvgIpc) is 2.76. The molecule has 0 bridgehead atoms. The van der Waals surface area contributed by atoms with E-state index in [9.17, 15) is 4.79 Å². The number of carbonyl (C=O) groups is 1. The van der Waals surface area contributed by atoms with Crippen LogP contribution >= 0.6 is 11.6 Å². The second-order valence-electron chi connectivity index (χ2n) is 4.83. The van der Waals surface area contributed by atoms with Gasteiger partial charge in [0.25, 0.3) is 0 Å². The average molecular weight is 308 g/mol. The fourth-order valence-electron chi connectivity index (χ4n) is 1.96. The standard InChI is InChI=1S/C15H18ClN3O2/c1-10-4-5-14(21-3)13(8-10)17-15(20)6-7-19-9-12(16)11(2)18-19/h4-5,8-9H,6-7H2,1-3H3,(H,17,20). The molecule has 6 heteroatoms. The van der Waals surface area contributed by atoms with Gasteiger partial charge in [0.2, 0.25) is 5.91 Å². The van der Waals surface area contributed by atoms with Crippen LogP contribution in [-0.4, -0.2) is 22.8 Å². The highest BCUT2D eigenvalue weighted by Gasteiger charge is 2.09. The molecule has 2 rings (SSSR count). The van der Waals surface area contributed by atoms with Gasteiger partial charge in [-0.25, -0.2) is 0 Å². The first-order valence-corrected chi connectivity index (χ1v) is 7.01. The van der Waals surface area contributed by atoms with Crippen LogP contribution in [0.15, 0.2) is 24.4 Å². The van der Waals surface area contributed by atoms with Crippen LogP contribution in [0, 0.1) is 13.8 Å². The zero-order chi connectivity index (χ0) is 15.4. The molecule has 0 aliphatic rings. The molecule has 5 nitrogen and oxygen atoms in total. The summed E-state index contributed by atoms with van der Waals surface area (Å²) in [5.41, 5.74) is 2.50. The predicted octanol–water partition coefficient (Wildman–Crippen LogP) is 3.19. The Morgan fingerprint density at radius 1 is 1.43 bits per heavy atom. The van der Waals surface area contributed by atoms with Gasteiger partial charge in [-0.15, -0.1) is 0 Å². The van der Waals surface area contributed by atoms with Crippen molar-refractivity contribution in [2.45, 2.75) is 26.8 Å². The summed E-state index contributed by atoms with van der Waals surface area (Å²) >= 11 is 5.93. The Morgan fingerprint density at radius 2 is 2.19 bits per heavy atom. The summed E-state index contributed by atoms with van der Waals surface area (Å²) in [4.78, 5) is 12.0. The second kappa shape index (κ2) is 6.63. The van der Waals surface area contributed by atoms with Crippen LogP contribution in [-0.2, 0) is 11.3 Å². The third-order valence-electron chi connectivity index (χ3n) is 3.08. The van der Waals surface area contributed by atoms with Gasteiger partial charge < -0.3 is 10.1 Å². The first-order valence-electron chi connectivity index (χ1n) is 6.63. The van der Waals surface area contributed by atoms with Crippen molar-refractivity contribution < 1.29 is 9.53 Å². The van der Waals surface area contributed by atoms with Crippen LogP contribution < -0.4 is 10.1 Å². The van der Waals surface area contributed by atoms with E-state index in [1.54, 1.807) is 18.0 Å². The fraction of sp³-hybridized carbons (Fsp3) is 0.333. The number of aromatic nitrogens is 2. The van der Waals surface area contributed by atoms with E-state index in [1.165, 1.54) is 0 Å². The molecule has 112 valence electrons. The Bertz CT molecular complexity index is 633. The van der Waals surface area contributed by atoms with Gasteiger partial charge in [0.05, 0.1) is 23.5 Å². The van der Waals surface area contributed by atoms with E-state index in [0.29, 0.717) is 29.4 Å². The molecular weight excluding hydrogens is 290 g/mol. The first kappa shape index (κ1) is 15.4. The molecule has 1 aromatic carbocycles. The van der Waals surface area contributed by atoms with Crippen molar-refractivity contribution in [1.29, 1.82) is 0 Å². The molecule has 0 saturated carbocycles. The lowest BCUT2D eigenvalue weighted by atomic mass is 10.2. The maximum absolute atomic E-state index is 12.0. The summed E-state index contributed by atoms with van der Waals surface area (Å²) in [6, 6.07) is 5.65. The normalized spacial score (nSPS) is 10.5. The number of ether oxygens (including phenoxy) is 1. The number of anilines is 1. The number of nitrogens with one attached hydrogen (secondary N) is 1. The summed E-state index contributed by atoms with van der Waals surface area (Å²) in [6.45, 7) is 4.27. The van der Waals surface area contributed by atoms with Gasteiger partial charge >= 0.3 is 0 Å². The van der Waals surface area contributed by atoms with Crippen LogP contribution in [0.4, 0.5) is 5.69 Å². The Balaban J connectivity index is 1.97. The lowest BCUT2D eigenvalue weighted by molar-refractivity contribution is -0.116. The van der Waals surface area contributed by atoms with E-state index in [4.69, 9.17) is 16.3 Å². The van der Waals surface area contributed by atoms with E-state index in [0.717, 1.165) is 11.3 Å². The van der Waals surface area contributed by atoms with Crippen LogP contribution in [0.1, 0.15) is 17.7 Å². The van der Waals surface area contributed by atoms with Gasteiger partial charge in [0, 0.05) is 19.2 Å². The highest BCUT2D eigenvalue weighted by atomic mass is 35.5. The predicted molar refractivity (Wildman–Crippen MR) is 83.0 cm³/mol. The zero-order valence-electron chi connectivity index (χ0n) is 12.3. The Morgan fingerprint density at radius 3 is 2.81 bits per heavy atom. The molecule has 2 aromatic rings. The third-order valence-corrected chi connectivity index (χ3v) is 3.45. The van der Waals surface area contributed by atoms with E-state index in [1.807, 2.05) is 32.0 Å². The van der Waals surface area contributed by atoms with E-state index >= 15 is 0 Å². The van der Waals surface area contributed by atoms with Crippen LogP contribution in [0.5, 0.6) is 5.75 Å². The maximum atomic E-state index is 12.0. The monoisotopic (exact) mass is 307 g/mol. The summed E-state index contributed by atoms with van der Waals surface area (Å²) in [7, 11) is 1.58. The molecule has 0 spiro atoms. The van der Waals surface area contributed by atoms with Gasteiger partial charge in [-0.2, -0.15) is 5.10 Å². The molecule has 0 fully saturated rings. The van der Waals surface area contributed by atoms with Crippen molar-refractivity contribution in [2.24, 2.45) is 0 Å². The highest BCUT2D eigenvalue weighted by molar-refractivity contribution is 6.31. The molecule has 0 unspecified atom stereocenters.